The van der Waals surface area contributed by atoms with Crippen LogP contribution in [-0.4, -0.2) is 54.4 Å². The van der Waals surface area contributed by atoms with Crippen molar-refractivity contribution in [2.45, 2.75) is 6.04 Å². The van der Waals surface area contributed by atoms with Crippen LogP contribution < -0.4 is 15.4 Å². The van der Waals surface area contributed by atoms with Gasteiger partial charge in [-0.1, -0.05) is 23.7 Å². The highest BCUT2D eigenvalue weighted by molar-refractivity contribution is 7.90. The molecule has 0 bridgehead atoms. The van der Waals surface area contributed by atoms with E-state index in [1.165, 1.54) is 12.4 Å². The quantitative estimate of drug-likeness (QED) is 0.541. The summed E-state index contributed by atoms with van der Waals surface area (Å²) in [5.41, 5.74) is 7.05. The fraction of sp³-hybridized carbons (Fsp3) is 0.227. The van der Waals surface area contributed by atoms with Crippen LogP contribution >= 0.6 is 11.6 Å². The van der Waals surface area contributed by atoms with Gasteiger partial charge < -0.3 is 15.4 Å². The molecule has 1 aliphatic heterocycles. The predicted molar refractivity (Wildman–Crippen MR) is 126 cm³/mol. The van der Waals surface area contributed by atoms with Crippen molar-refractivity contribution in [1.29, 1.82) is 0 Å². The minimum absolute atomic E-state index is 0.107. The van der Waals surface area contributed by atoms with Gasteiger partial charge in [0.05, 0.1) is 24.2 Å². The average molecular weight is 488 g/mol. The Labute approximate surface area is 196 Å². The van der Waals surface area contributed by atoms with Crippen molar-refractivity contribution in [1.82, 2.24) is 14.9 Å². The lowest BCUT2D eigenvalue weighted by molar-refractivity contribution is 0.223. The summed E-state index contributed by atoms with van der Waals surface area (Å²) >= 11 is 6.03. The summed E-state index contributed by atoms with van der Waals surface area (Å²) in [6.07, 6.45) is 3.98. The highest BCUT2D eigenvalue weighted by Crippen LogP contribution is 2.36. The third-order valence-electron chi connectivity index (χ3n) is 5.13. The second-order valence-corrected chi connectivity index (χ2v) is 10.4. The number of nitrogens with zero attached hydrogens (tertiary/aromatic N) is 4. The molecule has 2 aromatic carbocycles. The molecule has 1 unspecified atom stereocenters. The smallest absolute Gasteiger partial charge is 0.325 e. The van der Waals surface area contributed by atoms with Crippen molar-refractivity contribution < 1.29 is 17.9 Å². The topological polar surface area (TPSA) is 119 Å². The van der Waals surface area contributed by atoms with E-state index in [1.54, 1.807) is 40.1 Å². The lowest BCUT2D eigenvalue weighted by Crippen LogP contribution is -2.35. The number of rotatable bonds is 7. The molecule has 1 fully saturated rings. The Morgan fingerprint density at radius 3 is 2.58 bits per heavy atom. The van der Waals surface area contributed by atoms with Crippen LogP contribution in [0.1, 0.15) is 11.6 Å². The minimum Gasteiger partial charge on any atom is -0.437 e. The van der Waals surface area contributed by atoms with E-state index in [4.69, 9.17) is 22.1 Å². The standard InChI is InChI=1S/C22H22ClN5O4S/c1-33(30,31)10-9-27-14-19(28(22(27)29)17-7-5-16(23)6-8-17)15-3-2-4-18(11-15)32-21-13-25-20(24)12-26-21/h2-8,11-13,19H,9-10,14H2,1H3,(H2,24,25). The molecular weight excluding hydrogens is 466 g/mol. The lowest BCUT2D eigenvalue weighted by atomic mass is 10.1. The third-order valence-corrected chi connectivity index (χ3v) is 6.31. The number of carbonyl (C=O) groups excluding carboxylic acids is 1. The zero-order chi connectivity index (χ0) is 23.6. The van der Waals surface area contributed by atoms with E-state index in [0.717, 1.165) is 11.8 Å². The molecule has 1 saturated heterocycles. The summed E-state index contributed by atoms with van der Waals surface area (Å²) in [5.74, 6) is 0.977. The van der Waals surface area contributed by atoms with E-state index in [1.807, 2.05) is 18.2 Å². The number of aromatic nitrogens is 2. The van der Waals surface area contributed by atoms with Crippen LogP contribution in [0.3, 0.4) is 0 Å². The molecule has 3 aromatic rings. The van der Waals surface area contributed by atoms with E-state index in [9.17, 15) is 13.2 Å². The maximum absolute atomic E-state index is 13.3. The van der Waals surface area contributed by atoms with Crippen LogP contribution in [0.15, 0.2) is 60.9 Å². The number of halogens is 1. The van der Waals surface area contributed by atoms with E-state index in [-0.39, 0.29) is 36.1 Å². The third kappa shape index (κ3) is 5.52. The molecule has 0 spiro atoms. The normalized spacial score (nSPS) is 16.3. The summed E-state index contributed by atoms with van der Waals surface area (Å²) in [6, 6.07) is 13.6. The van der Waals surface area contributed by atoms with Gasteiger partial charge in [-0.2, -0.15) is 0 Å². The number of urea groups is 1. The first-order valence-electron chi connectivity index (χ1n) is 10.1. The van der Waals surface area contributed by atoms with Crippen LogP contribution in [0.2, 0.25) is 5.02 Å². The Morgan fingerprint density at radius 1 is 1.15 bits per heavy atom. The number of sulfone groups is 1. The maximum atomic E-state index is 13.3. The van der Waals surface area contributed by atoms with E-state index in [0.29, 0.717) is 23.0 Å². The van der Waals surface area contributed by atoms with Gasteiger partial charge in [-0.25, -0.2) is 23.2 Å². The van der Waals surface area contributed by atoms with Crippen molar-refractivity contribution in [2.24, 2.45) is 0 Å². The number of carbonyl (C=O) groups is 1. The predicted octanol–water partition coefficient (Wildman–Crippen LogP) is 3.53. The maximum Gasteiger partial charge on any atom is 0.325 e. The number of nitrogens with two attached hydrogens (primary N) is 1. The molecule has 0 radical (unpaired) electrons. The number of hydrogen-bond donors (Lipinski definition) is 1. The molecule has 0 saturated carbocycles. The lowest BCUT2D eigenvalue weighted by Gasteiger charge is -2.24. The molecule has 9 nitrogen and oxygen atoms in total. The van der Waals surface area contributed by atoms with Crippen LogP contribution in [-0.2, 0) is 9.84 Å². The number of hydrogen-bond acceptors (Lipinski definition) is 7. The Bertz CT molecular complexity index is 1250. The first-order chi connectivity index (χ1) is 15.7. The van der Waals surface area contributed by atoms with Gasteiger partial charge in [-0.05, 0) is 42.0 Å². The van der Waals surface area contributed by atoms with E-state index in [2.05, 4.69) is 9.97 Å². The average Bonchev–Trinajstić information content (AvgIpc) is 3.10. The van der Waals surface area contributed by atoms with E-state index < -0.39 is 9.84 Å². The van der Waals surface area contributed by atoms with Gasteiger partial charge in [0.2, 0.25) is 5.88 Å². The molecule has 1 atom stereocenters. The molecule has 2 N–H and O–H groups in total. The first kappa shape index (κ1) is 22.8. The number of anilines is 2. The summed E-state index contributed by atoms with van der Waals surface area (Å²) in [7, 11) is -3.22. The summed E-state index contributed by atoms with van der Waals surface area (Å²) < 4.78 is 29.1. The zero-order valence-corrected chi connectivity index (χ0v) is 19.3. The molecule has 11 heteroatoms. The van der Waals surface area contributed by atoms with Crippen LogP contribution in [0.25, 0.3) is 0 Å². The number of nitrogen functional groups attached to an aromatic ring is 1. The Hall–Kier alpha value is -3.37. The molecule has 4 rings (SSSR count). The molecular formula is C22H22ClN5O4S. The van der Waals surface area contributed by atoms with Crippen molar-refractivity contribution in [3.63, 3.8) is 0 Å². The van der Waals surface area contributed by atoms with Crippen molar-refractivity contribution in [2.75, 3.05) is 35.7 Å². The summed E-state index contributed by atoms with van der Waals surface area (Å²) in [5, 5.41) is 0.552. The number of ether oxygens (including phenoxy) is 1. The Morgan fingerprint density at radius 2 is 1.91 bits per heavy atom. The van der Waals surface area contributed by atoms with E-state index >= 15 is 0 Å². The molecule has 0 aliphatic carbocycles. The summed E-state index contributed by atoms with van der Waals surface area (Å²) in [4.78, 5) is 24.5. The SMILES string of the molecule is CS(=O)(=O)CCN1CC(c2cccc(Oc3cnc(N)cn3)c2)N(c2ccc(Cl)cc2)C1=O. The van der Waals surface area contributed by atoms with Crippen molar-refractivity contribution >= 4 is 39.0 Å². The van der Waals surface area contributed by atoms with Crippen molar-refractivity contribution in [3.05, 3.63) is 71.5 Å². The second-order valence-electron chi connectivity index (χ2n) is 7.67. The van der Waals surface area contributed by atoms with Gasteiger partial charge in [-0.15, -0.1) is 0 Å². The molecule has 2 heterocycles. The second kappa shape index (κ2) is 9.24. The Kier molecular flexibility index (Phi) is 6.39. The monoisotopic (exact) mass is 487 g/mol. The fourth-order valence-corrected chi connectivity index (χ4v) is 4.23. The Balaban J connectivity index is 1.64. The summed E-state index contributed by atoms with van der Waals surface area (Å²) in [6.45, 7) is 0.428. The van der Waals surface area contributed by atoms with Crippen LogP contribution in [0, 0.1) is 0 Å². The van der Waals surface area contributed by atoms with Gasteiger partial charge in [-0.3, -0.25) is 4.90 Å². The highest BCUT2D eigenvalue weighted by atomic mass is 35.5. The van der Waals surface area contributed by atoms with Gasteiger partial charge in [0.15, 0.2) is 0 Å². The van der Waals surface area contributed by atoms with Crippen LogP contribution in [0.5, 0.6) is 11.6 Å². The molecule has 2 amide bonds. The first-order valence-corrected chi connectivity index (χ1v) is 12.5. The molecule has 1 aromatic heterocycles. The van der Waals surface area contributed by atoms with Gasteiger partial charge >= 0.3 is 6.03 Å². The van der Waals surface area contributed by atoms with Gasteiger partial charge in [0.25, 0.3) is 0 Å². The largest absolute Gasteiger partial charge is 0.437 e. The van der Waals surface area contributed by atoms with Crippen LogP contribution in [0.4, 0.5) is 16.3 Å². The highest BCUT2D eigenvalue weighted by Gasteiger charge is 2.39. The van der Waals surface area contributed by atoms with Gasteiger partial charge in [0.1, 0.15) is 21.4 Å². The fourth-order valence-electron chi connectivity index (χ4n) is 3.55. The number of benzene rings is 2. The molecule has 33 heavy (non-hydrogen) atoms. The van der Waals surface area contributed by atoms with Crippen molar-refractivity contribution in [3.8, 4) is 11.6 Å². The molecule has 1 aliphatic rings. The van der Waals surface area contributed by atoms with Gasteiger partial charge in [0, 0.05) is 30.1 Å². The minimum atomic E-state index is -3.22. The number of amides is 2. The molecule has 172 valence electrons. The zero-order valence-electron chi connectivity index (χ0n) is 17.8.